The Labute approximate surface area is 110 Å². The van der Waals surface area contributed by atoms with Gasteiger partial charge in [0.1, 0.15) is 0 Å². The van der Waals surface area contributed by atoms with Crippen molar-refractivity contribution in [1.29, 1.82) is 0 Å². The van der Waals surface area contributed by atoms with E-state index in [4.69, 9.17) is 0 Å². The molecule has 1 aliphatic rings. The molecule has 16 heavy (non-hydrogen) atoms. The molecule has 0 saturated heterocycles. The smallest absolute Gasteiger partial charge is 0.0772 e. The molecule has 1 saturated carbocycles. The third-order valence-corrected chi connectivity index (χ3v) is 5.04. The van der Waals surface area contributed by atoms with Crippen LogP contribution in [0.2, 0.25) is 0 Å². The van der Waals surface area contributed by atoms with Crippen LogP contribution in [-0.2, 0) is 0 Å². The average Bonchev–Trinajstić information content (AvgIpc) is 2.70. The zero-order valence-electron chi connectivity index (χ0n) is 9.45. The molecule has 1 N–H and O–H groups in total. The summed E-state index contributed by atoms with van der Waals surface area (Å²) in [5.41, 5.74) is 0.968. The first-order valence-corrected chi connectivity index (χ1v) is 7.48. The van der Waals surface area contributed by atoms with Gasteiger partial charge in [-0.05, 0) is 37.5 Å². The van der Waals surface area contributed by atoms with Crippen LogP contribution in [0.1, 0.15) is 44.3 Å². The summed E-state index contributed by atoms with van der Waals surface area (Å²) in [6.07, 6.45) is 5.05. The number of benzene rings is 1. The third kappa shape index (κ3) is 3.02. The van der Waals surface area contributed by atoms with E-state index >= 15 is 0 Å². The normalized spacial score (nSPS) is 18.9. The fourth-order valence-electron chi connectivity index (χ4n) is 2.12. The lowest BCUT2D eigenvalue weighted by atomic mass is 10.1. The van der Waals surface area contributed by atoms with E-state index in [1.54, 1.807) is 6.92 Å². The molecule has 0 aliphatic heterocycles. The third-order valence-electron chi connectivity index (χ3n) is 3.03. The molecule has 1 nitrogen and oxygen atoms in total. The van der Waals surface area contributed by atoms with Crippen molar-refractivity contribution >= 4 is 27.7 Å². The van der Waals surface area contributed by atoms with Gasteiger partial charge in [-0.15, -0.1) is 11.8 Å². The maximum atomic E-state index is 9.54. The number of halogens is 1. The monoisotopic (exact) mass is 300 g/mol. The first kappa shape index (κ1) is 12.5. The van der Waals surface area contributed by atoms with E-state index in [-0.39, 0.29) is 0 Å². The minimum atomic E-state index is -0.403. The van der Waals surface area contributed by atoms with Gasteiger partial charge in [0.15, 0.2) is 0 Å². The van der Waals surface area contributed by atoms with Gasteiger partial charge in [0.05, 0.1) is 6.10 Å². The maximum absolute atomic E-state index is 9.54. The Balaban J connectivity index is 2.08. The second kappa shape index (κ2) is 5.56. The summed E-state index contributed by atoms with van der Waals surface area (Å²) < 4.78 is 1.02. The first-order valence-electron chi connectivity index (χ1n) is 5.81. The van der Waals surface area contributed by atoms with Crippen molar-refractivity contribution in [2.75, 3.05) is 0 Å². The van der Waals surface area contributed by atoms with Crippen LogP contribution in [-0.4, -0.2) is 10.4 Å². The topological polar surface area (TPSA) is 20.2 Å². The molecule has 0 bridgehead atoms. The highest BCUT2D eigenvalue weighted by Crippen LogP contribution is 2.36. The second-order valence-corrected chi connectivity index (χ2v) is 6.61. The van der Waals surface area contributed by atoms with Crippen molar-refractivity contribution in [2.45, 2.75) is 48.9 Å². The first-order chi connectivity index (χ1) is 7.66. The fraction of sp³-hybridized carbons (Fsp3) is 0.538. The maximum Gasteiger partial charge on any atom is 0.0772 e. The second-order valence-electron chi connectivity index (χ2n) is 4.38. The molecule has 1 atom stereocenters. The summed E-state index contributed by atoms with van der Waals surface area (Å²) >= 11 is 5.50. The van der Waals surface area contributed by atoms with Crippen molar-refractivity contribution < 1.29 is 5.11 Å². The van der Waals surface area contributed by atoms with Crippen LogP contribution in [0.5, 0.6) is 0 Å². The summed E-state index contributed by atoms with van der Waals surface area (Å²) in [6, 6.07) is 6.27. The van der Waals surface area contributed by atoms with Crippen molar-refractivity contribution in [3.05, 3.63) is 28.2 Å². The predicted octanol–water partition coefficient (Wildman–Crippen LogP) is 4.54. The van der Waals surface area contributed by atoms with Gasteiger partial charge in [0.25, 0.3) is 0 Å². The Hall–Kier alpha value is 0.01000. The molecule has 3 heteroatoms. The van der Waals surface area contributed by atoms with E-state index in [2.05, 4.69) is 28.1 Å². The van der Waals surface area contributed by atoms with Crippen LogP contribution in [0.3, 0.4) is 0 Å². The predicted molar refractivity (Wildman–Crippen MR) is 72.9 cm³/mol. The van der Waals surface area contributed by atoms with Crippen LogP contribution < -0.4 is 0 Å². The molecule has 1 fully saturated rings. The molecule has 1 aromatic carbocycles. The van der Waals surface area contributed by atoms with Gasteiger partial charge in [0.2, 0.25) is 0 Å². The van der Waals surface area contributed by atoms with E-state index in [1.807, 2.05) is 17.8 Å². The molecule has 0 spiro atoms. The Morgan fingerprint density at radius 1 is 1.38 bits per heavy atom. The molecule has 0 heterocycles. The highest BCUT2D eigenvalue weighted by Gasteiger charge is 2.16. The Kier molecular flexibility index (Phi) is 4.34. The number of rotatable bonds is 3. The molecule has 1 aliphatic carbocycles. The lowest BCUT2D eigenvalue weighted by molar-refractivity contribution is 0.198. The highest BCUT2D eigenvalue weighted by atomic mass is 79.9. The number of aliphatic hydroxyl groups excluding tert-OH is 1. The van der Waals surface area contributed by atoms with Crippen LogP contribution in [0, 0.1) is 0 Å². The Morgan fingerprint density at radius 3 is 2.62 bits per heavy atom. The summed E-state index contributed by atoms with van der Waals surface area (Å²) in [5, 5.41) is 10.3. The van der Waals surface area contributed by atoms with Gasteiger partial charge in [-0.1, -0.05) is 34.8 Å². The number of aliphatic hydroxyl groups is 1. The van der Waals surface area contributed by atoms with Gasteiger partial charge >= 0.3 is 0 Å². The SMILES string of the molecule is C[C@H](O)c1ccc(SC2CCCC2)cc1Br. The molecule has 0 aromatic heterocycles. The van der Waals surface area contributed by atoms with Crippen molar-refractivity contribution in [2.24, 2.45) is 0 Å². The summed E-state index contributed by atoms with van der Waals surface area (Å²) in [7, 11) is 0. The molecule has 0 radical (unpaired) electrons. The quantitative estimate of drug-likeness (QED) is 0.884. The van der Waals surface area contributed by atoms with Crippen molar-refractivity contribution in [3.63, 3.8) is 0 Å². The van der Waals surface area contributed by atoms with Crippen LogP contribution in [0.4, 0.5) is 0 Å². The minimum Gasteiger partial charge on any atom is -0.389 e. The lowest BCUT2D eigenvalue weighted by Crippen LogP contribution is -1.95. The molecule has 0 amide bonds. The van der Waals surface area contributed by atoms with Gasteiger partial charge in [-0.3, -0.25) is 0 Å². The van der Waals surface area contributed by atoms with Gasteiger partial charge in [0, 0.05) is 14.6 Å². The van der Waals surface area contributed by atoms with E-state index in [1.165, 1.54) is 30.6 Å². The zero-order chi connectivity index (χ0) is 11.5. The Morgan fingerprint density at radius 2 is 2.06 bits per heavy atom. The molecule has 0 unspecified atom stereocenters. The molecular formula is C13H17BrOS. The largest absolute Gasteiger partial charge is 0.389 e. The van der Waals surface area contributed by atoms with E-state index in [9.17, 15) is 5.11 Å². The van der Waals surface area contributed by atoms with Gasteiger partial charge in [-0.25, -0.2) is 0 Å². The molecule has 2 rings (SSSR count). The van der Waals surface area contributed by atoms with Gasteiger partial charge in [-0.2, -0.15) is 0 Å². The minimum absolute atomic E-state index is 0.403. The average molecular weight is 301 g/mol. The number of thioether (sulfide) groups is 1. The fourth-order valence-corrected chi connectivity index (χ4v) is 4.27. The number of hydrogen-bond donors (Lipinski definition) is 1. The Bertz CT molecular complexity index is 359. The van der Waals surface area contributed by atoms with Crippen molar-refractivity contribution in [1.82, 2.24) is 0 Å². The molecule has 1 aromatic rings. The molecular weight excluding hydrogens is 284 g/mol. The van der Waals surface area contributed by atoms with Gasteiger partial charge < -0.3 is 5.11 Å². The zero-order valence-corrected chi connectivity index (χ0v) is 11.9. The molecule has 88 valence electrons. The van der Waals surface area contributed by atoms with Crippen LogP contribution in [0.25, 0.3) is 0 Å². The number of hydrogen-bond acceptors (Lipinski definition) is 2. The van der Waals surface area contributed by atoms with Crippen LogP contribution in [0.15, 0.2) is 27.6 Å². The summed E-state index contributed by atoms with van der Waals surface area (Å²) in [6.45, 7) is 1.80. The van der Waals surface area contributed by atoms with Crippen molar-refractivity contribution in [3.8, 4) is 0 Å². The standard InChI is InChI=1S/C13H17BrOS/c1-9(15)12-7-6-11(8-13(12)14)16-10-4-2-3-5-10/h6-10,15H,2-5H2,1H3/t9-/m0/s1. The van der Waals surface area contributed by atoms with E-state index in [0.717, 1.165) is 15.3 Å². The summed E-state index contributed by atoms with van der Waals surface area (Å²) in [4.78, 5) is 1.31. The highest BCUT2D eigenvalue weighted by molar-refractivity contribution is 9.10. The van der Waals surface area contributed by atoms with Crippen LogP contribution >= 0.6 is 27.7 Å². The summed E-state index contributed by atoms with van der Waals surface area (Å²) in [5.74, 6) is 0. The van der Waals surface area contributed by atoms with E-state index < -0.39 is 6.10 Å². The van der Waals surface area contributed by atoms with E-state index in [0.29, 0.717) is 0 Å². The lowest BCUT2D eigenvalue weighted by Gasteiger charge is -2.12.